The third-order valence-electron chi connectivity index (χ3n) is 4.92. The van der Waals surface area contributed by atoms with Gasteiger partial charge in [-0.1, -0.05) is 6.58 Å². The maximum absolute atomic E-state index is 9.85. The molecule has 1 aromatic heterocycles. The minimum atomic E-state index is -0.336. The Bertz CT molecular complexity index is 747. The molecule has 2 aliphatic heterocycles. The van der Waals surface area contributed by atoms with Gasteiger partial charge >= 0.3 is 0 Å². The molecule has 8 heteroatoms. The van der Waals surface area contributed by atoms with Crippen molar-refractivity contribution in [2.75, 3.05) is 19.8 Å². The second kappa shape index (κ2) is 6.29. The molecule has 134 valence electrons. The van der Waals surface area contributed by atoms with Crippen LogP contribution in [0.1, 0.15) is 31.4 Å². The van der Waals surface area contributed by atoms with Crippen molar-refractivity contribution in [3.63, 3.8) is 0 Å². The summed E-state index contributed by atoms with van der Waals surface area (Å²) in [7, 11) is 0. The third kappa shape index (κ3) is 3.08. The van der Waals surface area contributed by atoms with Crippen LogP contribution in [0.25, 0.3) is 11.9 Å². The van der Waals surface area contributed by atoms with Crippen molar-refractivity contribution in [1.29, 1.82) is 0 Å². The summed E-state index contributed by atoms with van der Waals surface area (Å²) in [5.74, 6) is 0.934. The lowest BCUT2D eigenvalue weighted by molar-refractivity contribution is -0.172. The van der Waals surface area contributed by atoms with Crippen molar-refractivity contribution in [3.8, 4) is 0 Å². The van der Waals surface area contributed by atoms with Crippen molar-refractivity contribution in [1.82, 2.24) is 14.9 Å². The standard InChI is InChI=1S/C17H23N5O3/c1-11-14-15(21-16(18)20-11)22(10-19-14)7-12-6-17(12,8-23)9-25-13-4-2-3-5-24-13/h7,10,13,23H,1-6,8-9H2,(H3,18,20,21)/b12-7-. The monoisotopic (exact) mass is 345 g/mol. The van der Waals surface area contributed by atoms with Gasteiger partial charge in [-0.3, -0.25) is 4.57 Å². The number of aliphatic hydroxyl groups excluding tert-OH is 1. The van der Waals surface area contributed by atoms with Crippen LogP contribution >= 0.6 is 0 Å². The summed E-state index contributed by atoms with van der Waals surface area (Å²) >= 11 is 0. The molecule has 2 atom stereocenters. The summed E-state index contributed by atoms with van der Waals surface area (Å²) in [5, 5.41) is 12.7. The molecular formula is C17H23N5O3. The van der Waals surface area contributed by atoms with Gasteiger partial charge in [0.15, 0.2) is 18.1 Å². The second-order valence-electron chi connectivity index (χ2n) is 6.80. The van der Waals surface area contributed by atoms with Crippen molar-refractivity contribution in [3.05, 3.63) is 24.2 Å². The Hall–Kier alpha value is -2.16. The van der Waals surface area contributed by atoms with Crippen molar-refractivity contribution >= 4 is 23.7 Å². The minimum absolute atomic E-state index is 0.0438. The SMILES string of the molecule is C=C1NC(N)=Nc2c1ncn2/C=C1/CC1(CO)COC1CCCCO1. The molecule has 4 rings (SSSR count). The van der Waals surface area contributed by atoms with Crippen LogP contribution in [0.2, 0.25) is 0 Å². The van der Waals surface area contributed by atoms with Crippen LogP contribution in [-0.4, -0.2) is 46.7 Å². The molecule has 3 heterocycles. The molecule has 8 nitrogen and oxygen atoms in total. The number of aromatic nitrogens is 2. The highest BCUT2D eigenvalue weighted by Gasteiger charge is 2.49. The first-order valence-electron chi connectivity index (χ1n) is 8.54. The molecule has 4 N–H and O–H groups in total. The molecule has 3 aliphatic rings. The number of fused-ring (bicyclic) bond motifs is 1. The lowest BCUT2D eigenvalue weighted by Crippen LogP contribution is -2.32. The maximum Gasteiger partial charge on any atom is 0.199 e. The van der Waals surface area contributed by atoms with Gasteiger partial charge in [0.05, 0.1) is 18.9 Å². The number of guanidine groups is 1. The van der Waals surface area contributed by atoms with E-state index in [1.54, 1.807) is 6.33 Å². The summed E-state index contributed by atoms with van der Waals surface area (Å²) in [6, 6.07) is 0. The summed E-state index contributed by atoms with van der Waals surface area (Å²) < 4.78 is 13.3. The van der Waals surface area contributed by atoms with Crippen molar-refractivity contribution in [2.24, 2.45) is 16.1 Å². The third-order valence-corrected chi connectivity index (χ3v) is 4.92. The number of nitrogens with two attached hydrogens (primary N) is 1. The predicted molar refractivity (Wildman–Crippen MR) is 93.6 cm³/mol. The van der Waals surface area contributed by atoms with Gasteiger partial charge < -0.3 is 25.6 Å². The molecular weight excluding hydrogens is 322 g/mol. The van der Waals surface area contributed by atoms with Gasteiger partial charge in [0.1, 0.15) is 12.0 Å². The van der Waals surface area contributed by atoms with Gasteiger partial charge in [-0.15, -0.1) is 0 Å². The topological polar surface area (TPSA) is 107 Å². The molecule has 1 aliphatic carbocycles. The number of nitrogens with one attached hydrogen (secondary N) is 1. The van der Waals surface area contributed by atoms with Gasteiger partial charge in [0, 0.05) is 18.2 Å². The van der Waals surface area contributed by atoms with E-state index in [0.29, 0.717) is 29.8 Å². The van der Waals surface area contributed by atoms with Gasteiger partial charge in [0.2, 0.25) is 0 Å². The first-order valence-corrected chi connectivity index (χ1v) is 8.54. The summed E-state index contributed by atoms with van der Waals surface area (Å²) in [4.78, 5) is 8.62. The number of hydrogen-bond acceptors (Lipinski definition) is 7. The second-order valence-corrected chi connectivity index (χ2v) is 6.80. The Kier molecular flexibility index (Phi) is 4.10. The highest BCUT2D eigenvalue weighted by atomic mass is 16.7. The van der Waals surface area contributed by atoms with E-state index in [2.05, 4.69) is 21.9 Å². The van der Waals surface area contributed by atoms with Crippen LogP contribution < -0.4 is 11.1 Å². The van der Waals surface area contributed by atoms with E-state index in [1.807, 2.05) is 10.8 Å². The number of imidazole rings is 1. The zero-order chi connectivity index (χ0) is 17.4. The van der Waals surface area contributed by atoms with Crippen molar-refractivity contribution < 1.29 is 14.6 Å². The smallest absolute Gasteiger partial charge is 0.199 e. The summed E-state index contributed by atoms with van der Waals surface area (Å²) in [6.07, 6.45) is 7.38. The van der Waals surface area contributed by atoms with Crippen LogP contribution in [-0.2, 0) is 9.47 Å². The van der Waals surface area contributed by atoms with E-state index >= 15 is 0 Å². The Labute approximate surface area is 146 Å². The Morgan fingerprint density at radius 2 is 2.44 bits per heavy atom. The fourth-order valence-electron chi connectivity index (χ4n) is 3.24. The molecule has 2 fully saturated rings. The van der Waals surface area contributed by atoms with E-state index in [1.165, 1.54) is 0 Å². The van der Waals surface area contributed by atoms with Crippen molar-refractivity contribution in [2.45, 2.75) is 32.0 Å². The van der Waals surface area contributed by atoms with Crippen LogP contribution in [0.4, 0.5) is 5.82 Å². The molecule has 2 unspecified atom stereocenters. The number of aliphatic imine (C=N–C) groups is 1. The Balaban J connectivity index is 1.49. The van der Waals surface area contributed by atoms with Gasteiger partial charge in [-0.25, -0.2) is 4.98 Å². The average molecular weight is 345 g/mol. The lowest BCUT2D eigenvalue weighted by atomic mass is 10.1. The normalized spacial score (nSPS) is 30.0. The maximum atomic E-state index is 9.85. The van der Waals surface area contributed by atoms with Crippen LogP contribution in [0.15, 0.2) is 23.5 Å². The number of hydrogen-bond donors (Lipinski definition) is 3. The molecule has 0 spiro atoms. The molecule has 25 heavy (non-hydrogen) atoms. The molecule has 0 aromatic carbocycles. The average Bonchev–Trinajstić information content (AvgIpc) is 3.16. The van der Waals surface area contributed by atoms with Gasteiger partial charge in [0.25, 0.3) is 0 Å². The minimum Gasteiger partial charge on any atom is -0.395 e. The zero-order valence-corrected chi connectivity index (χ0v) is 14.1. The van der Waals surface area contributed by atoms with Crippen LogP contribution in [0, 0.1) is 5.41 Å². The summed E-state index contributed by atoms with van der Waals surface area (Å²) in [6.45, 7) is 5.14. The highest BCUT2D eigenvalue weighted by molar-refractivity contribution is 5.94. The quantitative estimate of drug-likeness (QED) is 0.739. The van der Waals surface area contributed by atoms with Crippen LogP contribution in [0.5, 0.6) is 0 Å². The zero-order valence-electron chi connectivity index (χ0n) is 14.1. The van der Waals surface area contributed by atoms with Gasteiger partial charge in [-0.2, -0.15) is 4.99 Å². The molecule has 0 bridgehead atoms. The predicted octanol–water partition coefficient (Wildman–Crippen LogP) is 1.17. The highest BCUT2D eigenvalue weighted by Crippen LogP contribution is 2.52. The first-order chi connectivity index (χ1) is 12.1. The largest absolute Gasteiger partial charge is 0.395 e. The number of aliphatic hydroxyl groups is 1. The van der Waals surface area contributed by atoms with Crippen LogP contribution in [0.3, 0.4) is 0 Å². The molecule has 1 saturated heterocycles. The van der Waals surface area contributed by atoms with E-state index in [9.17, 15) is 5.11 Å². The van der Waals surface area contributed by atoms with E-state index < -0.39 is 0 Å². The van der Waals surface area contributed by atoms with E-state index in [0.717, 1.165) is 37.9 Å². The summed E-state index contributed by atoms with van der Waals surface area (Å²) in [5.41, 5.74) is 7.83. The number of rotatable bonds is 5. The van der Waals surface area contributed by atoms with E-state index in [4.69, 9.17) is 15.2 Å². The van der Waals surface area contributed by atoms with Gasteiger partial charge in [-0.05, 0) is 31.3 Å². The first kappa shape index (κ1) is 16.3. The fraction of sp³-hybridized carbons (Fsp3) is 0.529. The molecule has 1 aromatic rings. The Morgan fingerprint density at radius 1 is 1.56 bits per heavy atom. The molecule has 0 radical (unpaired) electrons. The number of ether oxygens (including phenoxy) is 2. The molecule has 1 saturated carbocycles. The molecule has 0 amide bonds. The number of nitrogens with zero attached hydrogens (tertiary/aromatic N) is 3. The fourth-order valence-corrected chi connectivity index (χ4v) is 3.24. The van der Waals surface area contributed by atoms with E-state index in [-0.39, 0.29) is 18.3 Å². The Morgan fingerprint density at radius 3 is 3.20 bits per heavy atom. The lowest BCUT2D eigenvalue weighted by Gasteiger charge is -2.24.